The molecule has 3 nitrogen and oxygen atoms in total. The van der Waals surface area contributed by atoms with Crippen LogP contribution in [0.5, 0.6) is 0 Å². The number of aliphatic hydroxyl groups excluding tert-OH is 1. The molecule has 78 valence electrons. The summed E-state index contributed by atoms with van der Waals surface area (Å²) in [6, 6.07) is 6.03. The summed E-state index contributed by atoms with van der Waals surface area (Å²) in [5.74, 6) is -0.268. The van der Waals surface area contributed by atoms with Crippen LogP contribution >= 0.6 is 0 Å². The molecule has 0 saturated heterocycles. The molecule has 0 bridgehead atoms. The van der Waals surface area contributed by atoms with E-state index in [4.69, 9.17) is 15.6 Å². The van der Waals surface area contributed by atoms with Gasteiger partial charge in [0.2, 0.25) is 0 Å². The molecule has 0 saturated carbocycles. The highest BCUT2D eigenvalue weighted by Crippen LogP contribution is 2.04. The van der Waals surface area contributed by atoms with E-state index < -0.39 is 6.10 Å². The third-order valence-electron chi connectivity index (χ3n) is 1.76. The molecule has 0 aromatic heterocycles. The summed E-state index contributed by atoms with van der Waals surface area (Å²) in [7, 11) is 0. The highest BCUT2D eigenvalue weighted by Gasteiger charge is 2.00. The van der Waals surface area contributed by atoms with Gasteiger partial charge in [-0.2, -0.15) is 0 Å². The van der Waals surface area contributed by atoms with E-state index in [1.54, 1.807) is 12.1 Å². The molecule has 0 aliphatic heterocycles. The van der Waals surface area contributed by atoms with Crippen molar-refractivity contribution in [3.05, 3.63) is 35.6 Å². The molecule has 0 aliphatic rings. The van der Waals surface area contributed by atoms with E-state index in [0.29, 0.717) is 6.61 Å². The first kappa shape index (κ1) is 11.1. The van der Waals surface area contributed by atoms with Gasteiger partial charge in [0.15, 0.2) is 0 Å². The molecule has 0 spiro atoms. The molecule has 1 atom stereocenters. The molecule has 0 amide bonds. The lowest BCUT2D eigenvalue weighted by Crippen LogP contribution is -2.24. The Morgan fingerprint density at radius 1 is 1.36 bits per heavy atom. The zero-order chi connectivity index (χ0) is 10.4. The second-order valence-corrected chi connectivity index (χ2v) is 3.03. The van der Waals surface area contributed by atoms with E-state index in [0.717, 1.165) is 5.56 Å². The quantitative estimate of drug-likeness (QED) is 0.732. The minimum absolute atomic E-state index is 0.184. The number of halogens is 1. The Morgan fingerprint density at radius 2 is 2.00 bits per heavy atom. The number of hydrogen-bond acceptors (Lipinski definition) is 3. The molecule has 4 heteroatoms. The van der Waals surface area contributed by atoms with Gasteiger partial charge in [0.05, 0.1) is 19.3 Å². The van der Waals surface area contributed by atoms with Gasteiger partial charge in [0.1, 0.15) is 5.82 Å². The fourth-order valence-electron chi connectivity index (χ4n) is 0.961. The van der Waals surface area contributed by atoms with E-state index in [9.17, 15) is 4.39 Å². The number of nitrogens with two attached hydrogens (primary N) is 1. The van der Waals surface area contributed by atoms with Gasteiger partial charge in [-0.25, -0.2) is 4.39 Å². The first-order valence-electron chi connectivity index (χ1n) is 4.42. The molecular formula is C10H14FNO2. The van der Waals surface area contributed by atoms with Crippen LogP contribution in [0, 0.1) is 5.82 Å². The van der Waals surface area contributed by atoms with Crippen molar-refractivity contribution < 1.29 is 14.2 Å². The van der Waals surface area contributed by atoms with Crippen LogP contribution in [0.15, 0.2) is 24.3 Å². The van der Waals surface area contributed by atoms with Crippen LogP contribution in [-0.4, -0.2) is 24.4 Å². The lowest BCUT2D eigenvalue weighted by Gasteiger charge is -2.08. The number of rotatable bonds is 5. The van der Waals surface area contributed by atoms with Gasteiger partial charge in [0, 0.05) is 6.54 Å². The van der Waals surface area contributed by atoms with Gasteiger partial charge >= 0.3 is 0 Å². The van der Waals surface area contributed by atoms with Crippen LogP contribution in [0.3, 0.4) is 0 Å². The highest BCUT2D eigenvalue weighted by atomic mass is 19.1. The molecule has 3 N–H and O–H groups in total. The zero-order valence-corrected chi connectivity index (χ0v) is 7.82. The van der Waals surface area contributed by atoms with E-state index >= 15 is 0 Å². The van der Waals surface area contributed by atoms with Crippen molar-refractivity contribution in [1.29, 1.82) is 0 Å². The molecular weight excluding hydrogens is 185 g/mol. The number of ether oxygens (including phenoxy) is 1. The Kier molecular flexibility index (Phi) is 4.52. The Balaban J connectivity index is 2.28. The molecule has 0 radical (unpaired) electrons. The van der Waals surface area contributed by atoms with Crippen molar-refractivity contribution in [2.45, 2.75) is 12.7 Å². The monoisotopic (exact) mass is 199 g/mol. The van der Waals surface area contributed by atoms with Crippen molar-refractivity contribution in [3.63, 3.8) is 0 Å². The maximum absolute atomic E-state index is 12.5. The molecule has 0 fully saturated rings. The summed E-state index contributed by atoms with van der Waals surface area (Å²) in [6.07, 6.45) is -0.629. The third kappa shape index (κ3) is 3.83. The summed E-state index contributed by atoms with van der Waals surface area (Å²) >= 11 is 0. The Bertz CT molecular complexity index is 263. The lowest BCUT2D eigenvalue weighted by atomic mass is 10.2. The van der Waals surface area contributed by atoms with Crippen LogP contribution in [0.1, 0.15) is 5.56 Å². The number of aliphatic hydroxyl groups is 1. The van der Waals surface area contributed by atoms with Crippen LogP contribution in [0.25, 0.3) is 0 Å². The smallest absolute Gasteiger partial charge is 0.123 e. The molecule has 1 unspecified atom stereocenters. The van der Waals surface area contributed by atoms with Crippen molar-refractivity contribution >= 4 is 0 Å². The maximum Gasteiger partial charge on any atom is 0.123 e. The number of hydrogen-bond donors (Lipinski definition) is 2. The molecule has 1 aromatic rings. The summed E-state index contributed by atoms with van der Waals surface area (Å²) in [5.41, 5.74) is 6.06. The van der Waals surface area contributed by atoms with Crippen LogP contribution < -0.4 is 5.73 Å². The highest BCUT2D eigenvalue weighted by molar-refractivity contribution is 5.14. The first-order valence-corrected chi connectivity index (χ1v) is 4.42. The molecule has 0 aliphatic carbocycles. The van der Waals surface area contributed by atoms with Gasteiger partial charge < -0.3 is 15.6 Å². The second kappa shape index (κ2) is 5.70. The normalized spacial score (nSPS) is 12.8. The standard InChI is InChI=1S/C10H14FNO2/c11-9-3-1-8(2-4-9)6-14-7-10(13)5-12/h1-4,10,13H,5-7,12H2. The van der Waals surface area contributed by atoms with Crippen LogP contribution in [0.2, 0.25) is 0 Å². The fourth-order valence-corrected chi connectivity index (χ4v) is 0.961. The van der Waals surface area contributed by atoms with E-state index in [-0.39, 0.29) is 19.0 Å². The Labute approximate surface area is 82.3 Å². The van der Waals surface area contributed by atoms with Gasteiger partial charge in [-0.05, 0) is 17.7 Å². The summed E-state index contributed by atoms with van der Waals surface area (Å²) in [4.78, 5) is 0. The third-order valence-corrected chi connectivity index (χ3v) is 1.76. The van der Waals surface area contributed by atoms with Crippen LogP contribution in [-0.2, 0) is 11.3 Å². The summed E-state index contributed by atoms with van der Waals surface area (Å²) in [5, 5.41) is 9.07. The van der Waals surface area contributed by atoms with Gasteiger partial charge in [-0.1, -0.05) is 12.1 Å². The average Bonchev–Trinajstić information content (AvgIpc) is 2.21. The van der Waals surface area contributed by atoms with Gasteiger partial charge in [0.25, 0.3) is 0 Å². The molecule has 14 heavy (non-hydrogen) atoms. The first-order chi connectivity index (χ1) is 6.72. The average molecular weight is 199 g/mol. The minimum atomic E-state index is -0.629. The SMILES string of the molecule is NCC(O)COCc1ccc(F)cc1. The lowest BCUT2D eigenvalue weighted by molar-refractivity contribution is 0.0329. The number of benzene rings is 1. The predicted molar refractivity (Wildman–Crippen MR) is 51.1 cm³/mol. The minimum Gasteiger partial charge on any atom is -0.389 e. The predicted octanol–water partition coefficient (Wildman–Crippen LogP) is 0.662. The fraction of sp³-hybridized carbons (Fsp3) is 0.400. The zero-order valence-electron chi connectivity index (χ0n) is 7.82. The van der Waals surface area contributed by atoms with Crippen molar-refractivity contribution in [1.82, 2.24) is 0 Å². The van der Waals surface area contributed by atoms with Crippen molar-refractivity contribution in [2.24, 2.45) is 5.73 Å². The Hall–Kier alpha value is -0.970. The van der Waals surface area contributed by atoms with Crippen molar-refractivity contribution in [2.75, 3.05) is 13.2 Å². The molecule has 1 aromatic carbocycles. The van der Waals surface area contributed by atoms with Gasteiger partial charge in [-0.3, -0.25) is 0 Å². The van der Waals surface area contributed by atoms with E-state index in [1.165, 1.54) is 12.1 Å². The Morgan fingerprint density at radius 3 is 2.57 bits per heavy atom. The maximum atomic E-state index is 12.5. The summed E-state index contributed by atoms with van der Waals surface area (Å²) < 4.78 is 17.7. The molecule has 0 heterocycles. The largest absolute Gasteiger partial charge is 0.389 e. The second-order valence-electron chi connectivity index (χ2n) is 3.03. The van der Waals surface area contributed by atoms with Gasteiger partial charge in [-0.15, -0.1) is 0 Å². The van der Waals surface area contributed by atoms with Crippen LogP contribution in [0.4, 0.5) is 4.39 Å². The summed E-state index contributed by atoms with van der Waals surface area (Å²) in [6.45, 7) is 0.745. The topological polar surface area (TPSA) is 55.5 Å². The molecule has 1 rings (SSSR count). The van der Waals surface area contributed by atoms with Crippen molar-refractivity contribution in [3.8, 4) is 0 Å². The van der Waals surface area contributed by atoms with E-state index in [2.05, 4.69) is 0 Å². The van der Waals surface area contributed by atoms with E-state index in [1.807, 2.05) is 0 Å².